The predicted octanol–water partition coefficient (Wildman–Crippen LogP) is 7.85. The second kappa shape index (κ2) is 11.4. The average molecular weight is 563 g/mol. The Kier molecular flexibility index (Phi) is 8.32. The van der Waals surface area contributed by atoms with Crippen molar-refractivity contribution in [3.8, 4) is 10.4 Å². The summed E-state index contributed by atoms with van der Waals surface area (Å²) in [6, 6.07) is 20.5. The van der Waals surface area contributed by atoms with Crippen molar-refractivity contribution in [3.05, 3.63) is 116 Å². The van der Waals surface area contributed by atoms with Gasteiger partial charge in [-0.2, -0.15) is 0 Å². The Bertz CT molecular complexity index is 1410. The number of thiophene rings is 1. The standard InChI is InChI=1S/C27H19Cl3FNO3S/c28-18-7-9-20(22(30)14-18)26(33)32(24(27(34)35)12-16-4-2-1-3-5-16)15-19-8-11-25(36-19)17-6-10-21(29)23(31)13-17/h1-11,13-14,24H,12,15H2,(H,34,35)/t24-/m0/s1. The number of carbonyl (C=O) groups excluding carboxylic acids is 1. The van der Waals surface area contributed by atoms with Gasteiger partial charge < -0.3 is 10.0 Å². The first-order valence-corrected chi connectivity index (χ1v) is 12.7. The second-order valence-corrected chi connectivity index (χ2v) is 10.4. The Labute approximate surface area is 226 Å². The largest absolute Gasteiger partial charge is 0.480 e. The van der Waals surface area contributed by atoms with E-state index < -0.39 is 23.7 Å². The third kappa shape index (κ3) is 6.08. The molecule has 4 aromatic rings. The van der Waals surface area contributed by atoms with Gasteiger partial charge in [0.2, 0.25) is 0 Å². The van der Waals surface area contributed by atoms with E-state index in [1.807, 2.05) is 30.3 Å². The van der Waals surface area contributed by atoms with Crippen LogP contribution in [0.5, 0.6) is 0 Å². The molecule has 184 valence electrons. The highest BCUT2D eigenvalue weighted by Crippen LogP contribution is 2.32. The molecule has 1 heterocycles. The minimum absolute atomic E-state index is 0.0162. The molecule has 0 saturated heterocycles. The number of hydrogen-bond acceptors (Lipinski definition) is 3. The third-order valence-electron chi connectivity index (χ3n) is 5.55. The molecular formula is C27H19Cl3FNO3S. The molecule has 1 atom stereocenters. The molecule has 1 aromatic heterocycles. The van der Waals surface area contributed by atoms with Gasteiger partial charge in [0, 0.05) is 21.2 Å². The van der Waals surface area contributed by atoms with Crippen molar-refractivity contribution in [2.75, 3.05) is 0 Å². The quantitative estimate of drug-likeness (QED) is 0.238. The molecule has 0 aliphatic carbocycles. The first kappa shape index (κ1) is 26.2. The first-order valence-electron chi connectivity index (χ1n) is 10.8. The van der Waals surface area contributed by atoms with E-state index in [0.29, 0.717) is 10.6 Å². The van der Waals surface area contributed by atoms with Crippen LogP contribution >= 0.6 is 46.1 Å². The fourth-order valence-corrected chi connectivity index (χ4v) is 5.35. The summed E-state index contributed by atoms with van der Waals surface area (Å²) in [6.45, 7) is 0.0162. The van der Waals surface area contributed by atoms with Gasteiger partial charge in [-0.1, -0.05) is 71.2 Å². The van der Waals surface area contributed by atoms with Gasteiger partial charge in [-0.3, -0.25) is 4.79 Å². The van der Waals surface area contributed by atoms with Crippen molar-refractivity contribution in [3.63, 3.8) is 0 Å². The molecule has 3 aromatic carbocycles. The molecule has 4 rings (SSSR count). The van der Waals surface area contributed by atoms with Crippen molar-refractivity contribution < 1.29 is 19.1 Å². The topological polar surface area (TPSA) is 57.6 Å². The van der Waals surface area contributed by atoms with E-state index in [4.69, 9.17) is 34.8 Å². The Balaban J connectivity index is 1.70. The number of amides is 1. The third-order valence-corrected chi connectivity index (χ3v) is 7.52. The van der Waals surface area contributed by atoms with Crippen LogP contribution in [0.1, 0.15) is 20.8 Å². The lowest BCUT2D eigenvalue weighted by Gasteiger charge is -2.29. The summed E-state index contributed by atoms with van der Waals surface area (Å²) in [7, 11) is 0. The highest BCUT2D eigenvalue weighted by molar-refractivity contribution is 7.15. The van der Waals surface area contributed by atoms with Crippen molar-refractivity contribution in [1.29, 1.82) is 0 Å². The van der Waals surface area contributed by atoms with Gasteiger partial charge in [-0.05, 0) is 53.6 Å². The Hall–Kier alpha value is -2.90. The van der Waals surface area contributed by atoms with Crippen molar-refractivity contribution in [2.45, 2.75) is 19.0 Å². The lowest BCUT2D eigenvalue weighted by molar-refractivity contribution is -0.142. The van der Waals surface area contributed by atoms with Gasteiger partial charge >= 0.3 is 5.97 Å². The van der Waals surface area contributed by atoms with E-state index in [0.717, 1.165) is 15.3 Å². The van der Waals surface area contributed by atoms with Crippen LogP contribution in [0.3, 0.4) is 0 Å². The summed E-state index contributed by atoms with van der Waals surface area (Å²) in [6.07, 6.45) is 0.105. The molecule has 0 radical (unpaired) electrons. The van der Waals surface area contributed by atoms with Crippen LogP contribution in [0.4, 0.5) is 4.39 Å². The number of nitrogens with zero attached hydrogens (tertiary/aromatic N) is 1. The molecule has 1 amide bonds. The summed E-state index contributed by atoms with van der Waals surface area (Å²) < 4.78 is 14.0. The molecule has 0 fully saturated rings. The molecule has 9 heteroatoms. The van der Waals surface area contributed by atoms with E-state index >= 15 is 0 Å². The molecule has 0 aliphatic rings. The average Bonchev–Trinajstić information content (AvgIpc) is 3.32. The van der Waals surface area contributed by atoms with Gasteiger partial charge in [-0.25, -0.2) is 9.18 Å². The molecule has 0 saturated carbocycles. The van der Waals surface area contributed by atoms with Gasteiger partial charge in [0.15, 0.2) is 0 Å². The number of benzene rings is 3. The number of carboxylic acid groups (broad SMARTS) is 1. The van der Waals surface area contributed by atoms with Gasteiger partial charge in [0.1, 0.15) is 11.9 Å². The first-order chi connectivity index (χ1) is 17.2. The maximum atomic E-state index is 14.0. The van der Waals surface area contributed by atoms with Crippen LogP contribution in [-0.4, -0.2) is 27.9 Å². The van der Waals surface area contributed by atoms with Crippen LogP contribution in [0.2, 0.25) is 15.1 Å². The number of halogens is 4. The molecule has 36 heavy (non-hydrogen) atoms. The second-order valence-electron chi connectivity index (χ2n) is 8.00. The van der Waals surface area contributed by atoms with Crippen molar-refractivity contribution >= 4 is 58.0 Å². The van der Waals surface area contributed by atoms with Crippen LogP contribution in [0.25, 0.3) is 10.4 Å². The van der Waals surface area contributed by atoms with E-state index in [-0.39, 0.29) is 28.6 Å². The van der Waals surface area contributed by atoms with E-state index in [1.165, 1.54) is 46.6 Å². The van der Waals surface area contributed by atoms with Crippen molar-refractivity contribution in [1.82, 2.24) is 4.90 Å². The highest BCUT2D eigenvalue weighted by atomic mass is 35.5. The van der Waals surface area contributed by atoms with Crippen LogP contribution < -0.4 is 0 Å². The summed E-state index contributed by atoms with van der Waals surface area (Å²) >= 11 is 19.4. The smallest absolute Gasteiger partial charge is 0.326 e. The number of aliphatic carboxylic acids is 1. The maximum absolute atomic E-state index is 14.0. The summed E-state index contributed by atoms with van der Waals surface area (Å²) in [5, 5.41) is 10.6. The molecule has 1 N–H and O–H groups in total. The lowest BCUT2D eigenvalue weighted by Crippen LogP contribution is -2.46. The Morgan fingerprint density at radius 2 is 1.67 bits per heavy atom. The van der Waals surface area contributed by atoms with Crippen molar-refractivity contribution in [2.24, 2.45) is 0 Å². The van der Waals surface area contributed by atoms with Crippen LogP contribution in [0, 0.1) is 5.82 Å². The highest BCUT2D eigenvalue weighted by Gasteiger charge is 2.32. The molecule has 0 bridgehead atoms. The summed E-state index contributed by atoms with van der Waals surface area (Å²) in [5.41, 5.74) is 1.55. The fraction of sp³-hybridized carbons (Fsp3) is 0.111. The maximum Gasteiger partial charge on any atom is 0.326 e. The minimum atomic E-state index is -1.16. The Morgan fingerprint density at radius 1 is 0.917 bits per heavy atom. The number of carboxylic acids is 1. The number of carbonyl (C=O) groups is 2. The molecular weight excluding hydrogens is 544 g/mol. The van der Waals surface area contributed by atoms with Gasteiger partial charge in [0.05, 0.1) is 22.2 Å². The summed E-state index contributed by atoms with van der Waals surface area (Å²) in [5.74, 6) is -2.21. The Morgan fingerprint density at radius 3 is 2.33 bits per heavy atom. The predicted molar refractivity (Wildman–Crippen MR) is 143 cm³/mol. The van der Waals surface area contributed by atoms with Crippen LogP contribution in [0.15, 0.2) is 78.9 Å². The molecule has 4 nitrogen and oxygen atoms in total. The van der Waals surface area contributed by atoms with E-state index in [1.54, 1.807) is 18.2 Å². The number of hydrogen-bond donors (Lipinski definition) is 1. The molecule has 0 aliphatic heterocycles. The zero-order valence-corrected chi connectivity index (χ0v) is 21.7. The van der Waals surface area contributed by atoms with E-state index in [9.17, 15) is 19.1 Å². The zero-order chi connectivity index (χ0) is 25.8. The molecule has 0 spiro atoms. The molecule has 0 unspecified atom stereocenters. The monoisotopic (exact) mass is 561 g/mol. The number of rotatable bonds is 8. The normalized spacial score (nSPS) is 11.8. The minimum Gasteiger partial charge on any atom is -0.480 e. The van der Waals surface area contributed by atoms with Gasteiger partial charge in [-0.15, -0.1) is 11.3 Å². The van der Waals surface area contributed by atoms with Gasteiger partial charge in [0.25, 0.3) is 5.91 Å². The summed E-state index contributed by atoms with van der Waals surface area (Å²) in [4.78, 5) is 28.8. The van der Waals surface area contributed by atoms with E-state index in [2.05, 4.69) is 0 Å². The SMILES string of the molecule is O=C(O)[C@H](Cc1ccccc1)N(Cc1ccc(-c2ccc(Cl)c(F)c2)s1)C(=O)c1ccc(Cl)cc1Cl. The fourth-order valence-electron chi connectivity index (χ4n) is 3.74. The zero-order valence-electron chi connectivity index (χ0n) is 18.6. The van der Waals surface area contributed by atoms with Crippen LogP contribution in [-0.2, 0) is 17.8 Å². The lowest BCUT2D eigenvalue weighted by atomic mass is 10.0.